The van der Waals surface area contributed by atoms with Crippen molar-refractivity contribution in [3.63, 3.8) is 0 Å². The van der Waals surface area contributed by atoms with Crippen LogP contribution in [-0.4, -0.2) is 17.0 Å². The summed E-state index contributed by atoms with van der Waals surface area (Å²) < 4.78 is 0. The molecule has 94 valence electrons. The minimum absolute atomic E-state index is 0.333. The van der Waals surface area contributed by atoms with Crippen molar-refractivity contribution in [2.45, 2.75) is 12.8 Å². The maximum Gasteiger partial charge on any atom is 0.310 e. The molecule has 0 amide bonds. The molecule has 0 spiro atoms. The Morgan fingerprint density at radius 2 is 1.88 bits per heavy atom. The van der Waals surface area contributed by atoms with Gasteiger partial charge in [0.15, 0.2) is 5.96 Å². The quantitative estimate of drug-likeness (QED) is 0.489. The summed E-state index contributed by atoms with van der Waals surface area (Å²) >= 11 is 11.5. The van der Waals surface area contributed by atoms with Crippen LogP contribution in [0.1, 0.15) is 18.4 Å². The SMILES string of the molecule is CC(C(=O)O)c1ccc(Cl)cc1Cl.N=C(N)N. The van der Waals surface area contributed by atoms with Crippen molar-refractivity contribution in [3.05, 3.63) is 33.8 Å². The zero-order valence-electron chi connectivity index (χ0n) is 9.08. The predicted octanol–water partition coefficient (Wildman–Crippen LogP) is 2.02. The number of carboxylic acids is 1. The van der Waals surface area contributed by atoms with Crippen LogP contribution in [-0.2, 0) is 4.79 Å². The summed E-state index contributed by atoms with van der Waals surface area (Å²) in [5, 5.41) is 15.7. The third kappa shape index (κ3) is 5.99. The lowest BCUT2D eigenvalue weighted by molar-refractivity contribution is -0.138. The van der Waals surface area contributed by atoms with Gasteiger partial charge in [-0.1, -0.05) is 29.3 Å². The second kappa shape index (κ2) is 6.98. The molecule has 0 saturated heterocycles. The van der Waals surface area contributed by atoms with E-state index in [-0.39, 0.29) is 5.96 Å². The van der Waals surface area contributed by atoms with Gasteiger partial charge in [0.25, 0.3) is 0 Å². The van der Waals surface area contributed by atoms with Gasteiger partial charge in [-0.15, -0.1) is 0 Å². The summed E-state index contributed by atoms with van der Waals surface area (Å²) in [7, 11) is 0. The summed E-state index contributed by atoms with van der Waals surface area (Å²) in [4.78, 5) is 10.6. The highest BCUT2D eigenvalue weighted by molar-refractivity contribution is 6.35. The third-order valence-electron chi connectivity index (χ3n) is 1.80. The van der Waals surface area contributed by atoms with Crippen LogP contribution in [0, 0.1) is 5.41 Å². The molecule has 0 aliphatic heterocycles. The minimum Gasteiger partial charge on any atom is -0.481 e. The molecule has 0 fully saturated rings. The topological polar surface area (TPSA) is 113 Å². The van der Waals surface area contributed by atoms with Crippen LogP contribution in [0.3, 0.4) is 0 Å². The first-order valence-corrected chi connectivity index (χ1v) is 5.28. The summed E-state index contributed by atoms with van der Waals surface area (Å²) in [6, 6.07) is 4.80. The van der Waals surface area contributed by atoms with E-state index < -0.39 is 11.9 Å². The van der Waals surface area contributed by atoms with Gasteiger partial charge in [-0.3, -0.25) is 10.2 Å². The average molecular weight is 278 g/mol. The van der Waals surface area contributed by atoms with Crippen molar-refractivity contribution in [3.8, 4) is 0 Å². The first-order chi connectivity index (χ1) is 7.75. The summed E-state index contributed by atoms with van der Waals surface area (Å²) in [6.07, 6.45) is 0. The third-order valence-corrected chi connectivity index (χ3v) is 2.36. The number of rotatable bonds is 2. The van der Waals surface area contributed by atoms with Crippen LogP contribution in [0.15, 0.2) is 18.2 Å². The number of nitrogens with two attached hydrogens (primary N) is 2. The lowest BCUT2D eigenvalue weighted by atomic mass is 10.0. The summed E-state index contributed by atoms with van der Waals surface area (Å²) in [5.41, 5.74) is 9.53. The van der Waals surface area contributed by atoms with Gasteiger partial charge in [-0.05, 0) is 24.6 Å². The van der Waals surface area contributed by atoms with Gasteiger partial charge >= 0.3 is 5.97 Å². The molecule has 0 heterocycles. The molecule has 1 rings (SSSR count). The molecule has 7 heteroatoms. The van der Waals surface area contributed by atoms with Crippen LogP contribution >= 0.6 is 23.2 Å². The van der Waals surface area contributed by atoms with Crippen molar-refractivity contribution < 1.29 is 9.90 Å². The van der Waals surface area contributed by atoms with E-state index in [4.69, 9.17) is 33.7 Å². The van der Waals surface area contributed by atoms with Crippen LogP contribution in [0.4, 0.5) is 0 Å². The molecule has 5 nitrogen and oxygen atoms in total. The normalized spacial score (nSPS) is 11.0. The first kappa shape index (κ1) is 15.5. The van der Waals surface area contributed by atoms with Gasteiger partial charge in [0.2, 0.25) is 0 Å². The van der Waals surface area contributed by atoms with Crippen LogP contribution in [0.25, 0.3) is 0 Å². The number of benzene rings is 1. The largest absolute Gasteiger partial charge is 0.481 e. The molecule has 0 bridgehead atoms. The van der Waals surface area contributed by atoms with Crippen LogP contribution < -0.4 is 11.5 Å². The molecule has 0 saturated carbocycles. The number of hydrogen-bond acceptors (Lipinski definition) is 2. The van der Waals surface area contributed by atoms with Gasteiger partial charge in [0.1, 0.15) is 0 Å². The molecule has 17 heavy (non-hydrogen) atoms. The van der Waals surface area contributed by atoms with E-state index in [9.17, 15) is 4.79 Å². The molecule has 0 radical (unpaired) electrons. The van der Waals surface area contributed by atoms with E-state index in [1.807, 2.05) is 0 Å². The van der Waals surface area contributed by atoms with E-state index in [0.29, 0.717) is 15.6 Å². The zero-order chi connectivity index (χ0) is 13.6. The second-order valence-corrected chi connectivity index (χ2v) is 4.02. The number of hydrogen-bond donors (Lipinski definition) is 4. The molecule has 1 aromatic carbocycles. The average Bonchev–Trinajstić information content (AvgIpc) is 2.15. The van der Waals surface area contributed by atoms with Crippen molar-refractivity contribution >= 4 is 35.1 Å². The van der Waals surface area contributed by atoms with Crippen LogP contribution in [0.5, 0.6) is 0 Å². The fourth-order valence-corrected chi connectivity index (χ4v) is 1.56. The van der Waals surface area contributed by atoms with Crippen molar-refractivity contribution in [2.75, 3.05) is 0 Å². The Kier molecular flexibility index (Phi) is 6.38. The summed E-state index contributed by atoms with van der Waals surface area (Å²) in [6.45, 7) is 1.58. The fraction of sp³-hybridized carbons (Fsp3) is 0.200. The molecular weight excluding hydrogens is 265 g/mol. The molecule has 1 aromatic rings. The van der Waals surface area contributed by atoms with Crippen molar-refractivity contribution in [1.29, 1.82) is 5.41 Å². The Morgan fingerprint density at radius 1 is 1.41 bits per heavy atom. The van der Waals surface area contributed by atoms with Crippen molar-refractivity contribution in [2.24, 2.45) is 11.5 Å². The number of nitrogens with one attached hydrogen (secondary N) is 1. The standard InChI is InChI=1S/C9H8Cl2O2.CH5N3/c1-5(9(12)13)7-3-2-6(10)4-8(7)11;2-1(3)4/h2-5H,1H3,(H,12,13);(H5,2,3,4). The van der Waals surface area contributed by atoms with E-state index >= 15 is 0 Å². The number of carbonyl (C=O) groups is 1. The van der Waals surface area contributed by atoms with Gasteiger partial charge in [-0.25, -0.2) is 0 Å². The Morgan fingerprint density at radius 3 is 2.24 bits per heavy atom. The first-order valence-electron chi connectivity index (χ1n) is 4.53. The van der Waals surface area contributed by atoms with E-state index in [1.54, 1.807) is 19.1 Å². The lowest BCUT2D eigenvalue weighted by Crippen LogP contribution is -2.20. The van der Waals surface area contributed by atoms with Crippen LogP contribution in [0.2, 0.25) is 10.0 Å². The number of carboxylic acid groups (broad SMARTS) is 1. The Bertz CT molecular complexity index is 420. The van der Waals surface area contributed by atoms with Crippen molar-refractivity contribution in [1.82, 2.24) is 0 Å². The van der Waals surface area contributed by atoms with E-state index in [1.165, 1.54) is 6.07 Å². The fourth-order valence-electron chi connectivity index (χ4n) is 0.986. The van der Waals surface area contributed by atoms with Gasteiger partial charge in [0.05, 0.1) is 5.92 Å². The maximum atomic E-state index is 10.6. The maximum absolute atomic E-state index is 10.6. The Balaban J connectivity index is 0.000000557. The zero-order valence-corrected chi connectivity index (χ0v) is 10.6. The Labute approximate surface area is 109 Å². The number of guanidine groups is 1. The Hall–Kier alpha value is -1.46. The molecular formula is C10H13Cl2N3O2. The summed E-state index contributed by atoms with van der Waals surface area (Å²) in [5.74, 6) is -1.84. The highest BCUT2D eigenvalue weighted by atomic mass is 35.5. The van der Waals surface area contributed by atoms with Gasteiger partial charge < -0.3 is 16.6 Å². The highest BCUT2D eigenvalue weighted by Gasteiger charge is 2.16. The molecule has 0 aromatic heterocycles. The van der Waals surface area contributed by atoms with E-state index in [0.717, 1.165) is 0 Å². The van der Waals surface area contributed by atoms with Gasteiger partial charge in [0, 0.05) is 10.0 Å². The van der Waals surface area contributed by atoms with E-state index in [2.05, 4.69) is 11.5 Å². The highest BCUT2D eigenvalue weighted by Crippen LogP contribution is 2.27. The molecule has 1 unspecified atom stereocenters. The molecule has 6 N–H and O–H groups in total. The number of aliphatic carboxylic acids is 1. The predicted molar refractivity (Wildman–Crippen MR) is 68.6 cm³/mol. The minimum atomic E-state index is -0.899. The second-order valence-electron chi connectivity index (χ2n) is 3.18. The molecule has 0 aliphatic carbocycles. The monoisotopic (exact) mass is 277 g/mol. The molecule has 1 atom stereocenters. The van der Waals surface area contributed by atoms with Gasteiger partial charge in [-0.2, -0.15) is 0 Å². The molecule has 0 aliphatic rings. The lowest BCUT2D eigenvalue weighted by Gasteiger charge is -2.08. The smallest absolute Gasteiger partial charge is 0.310 e. The number of halogens is 2.